The second-order valence-corrected chi connectivity index (χ2v) is 6.90. The molecule has 0 unspecified atom stereocenters. The average molecular weight is 339 g/mol. The molecule has 5 heteroatoms. The van der Waals surface area contributed by atoms with E-state index < -0.39 is 5.60 Å². The minimum Gasteiger partial charge on any atom is -0.383 e. The van der Waals surface area contributed by atoms with Crippen LogP contribution >= 0.6 is 0 Å². The number of rotatable bonds is 4. The molecule has 1 aromatic carbocycles. The second-order valence-electron chi connectivity index (χ2n) is 6.90. The lowest BCUT2D eigenvalue weighted by molar-refractivity contribution is -0.141. The normalized spacial score (nSPS) is 23.7. The van der Waals surface area contributed by atoms with Crippen molar-refractivity contribution in [2.24, 2.45) is 0 Å². The van der Waals surface area contributed by atoms with Gasteiger partial charge in [0.15, 0.2) is 0 Å². The highest BCUT2D eigenvalue weighted by Crippen LogP contribution is 2.35. The Morgan fingerprint density at radius 3 is 2.68 bits per heavy atom. The summed E-state index contributed by atoms with van der Waals surface area (Å²) in [5.74, 6) is 0.0787. The van der Waals surface area contributed by atoms with Gasteiger partial charge in [-0.2, -0.15) is 0 Å². The van der Waals surface area contributed by atoms with Crippen molar-refractivity contribution in [1.29, 1.82) is 0 Å². The molecule has 1 aliphatic rings. The van der Waals surface area contributed by atoms with Gasteiger partial charge in [-0.15, -0.1) is 0 Å². The summed E-state index contributed by atoms with van der Waals surface area (Å²) in [6.07, 6.45) is 4.30. The Kier molecular flexibility index (Phi) is 5.16. The van der Waals surface area contributed by atoms with Crippen LogP contribution in [-0.2, 0) is 16.8 Å². The molecule has 0 saturated carbocycles. The summed E-state index contributed by atoms with van der Waals surface area (Å²) in [6.45, 7) is 1.06. The molecular weight excluding hydrogens is 314 g/mol. The van der Waals surface area contributed by atoms with E-state index in [1.807, 2.05) is 66.4 Å². The first-order valence-corrected chi connectivity index (χ1v) is 8.62. The Hall–Kier alpha value is -2.24. The van der Waals surface area contributed by atoms with Crippen molar-refractivity contribution in [3.05, 3.63) is 66.0 Å². The highest BCUT2D eigenvalue weighted by Gasteiger charge is 2.44. The van der Waals surface area contributed by atoms with Crippen molar-refractivity contribution < 1.29 is 9.90 Å². The number of benzene rings is 1. The van der Waals surface area contributed by atoms with Gasteiger partial charge in [-0.25, -0.2) is 0 Å². The smallest absolute Gasteiger partial charge is 0.227 e. The van der Waals surface area contributed by atoms with Gasteiger partial charge in [-0.3, -0.25) is 9.78 Å². The van der Waals surface area contributed by atoms with Gasteiger partial charge in [0.25, 0.3) is 0 Å². The third kappa shape index (κ3) is 3.72. The van der Waals surface area contributed by atoms with Crippen molar-refractivity contribution in [2.75, 3.05) is 27.2 Å². The molecule has 1 fully saturated rings. The summed E-state index contributed by atoms with van der Waals surface area (Å²) < 4.78 is 0. The van der Waals surface area contributed by atoms with Gasteiger partial charge in [-0.1, -0.05) is 36.4 Å². The number of likely N-dealkylation sites (N-methyl/N-ethyl adjacent to an activating group) is 1. The number of carbonyl (C=O) groups excluding carboxylic acids is 1. The van der Waals surface area contributed by atoms with E-state index in [-0.39, 0.29) is 11.9 Å². The lowest BCUT2D eigenvalue weighted by Crippen LogP contribution is -2.60. The van der Waals surface area contributed by atoms with E-state index in [2.05, 4.69) is 4.98 Å². The van der Waals surface area contributed by atoms with Crippen LogP contribution in [0.3, 0.4) is 0 Å². The maximum Gasteiger partial charge on any atom is 0.227 e. The Bertz CT molecular complexity index is 705. The third-order valence-electron chi connectivity index (χ3n) is 5.04. The zero-order chi connectivity index (χ0) is 17.9. The number of hydrogen-bond donors (Lipinski definition) is 1. The maximum absolute atomic E-state index is 12.7. The largest absolute Gasteiger partial charge is 0.383 e. The highest BCUT2D eigenvalue weighted by molar-refractivity contribution is 5.79. The molecule has 2 heterocycles. The summed E-state index contributed by atoms with van der Waals surface area (Å²) in [7, 11) is 3.90. The topological polar surface area (TPSA) is 56.7 Å². The standard InChI is InChI=1S/C20H25N3O2/c1-22(2)18-15-23(19(24)13-16-7-6-11-21-14-16)12-10-20(18,25)17-8-4-3-5-9-17/h3-9,11,14,18,25H,10,12-13,15H2,1-2H3/t18-,20-/m1/s1. The van der Waals surface area contributed by atoms with Crippen LogP contribution in [0.25, 0.3) is 0 Å². The molecule has 1 aliphatic heterocycles. The number of hydrogen-bond acceptors (Lipinski definition) is 4. The minimum absolute atomic E-state index is 0.0787. The van der Waals surface area contributed by atoms with Crippen LogP contribution in [0.15, 0.2) is 54.9 Å². The lowest BCUT2D eigenvalue weighted by atomic mass is 9.79. The van der Waals surface area contributed by atoms with E-state index in [4.69, 9.17) is 0 Å². The molecule has 0 spiro atoms. The molecule has 25 heavy (non-hydrogen) atoms. The van der Waals surface area contributed by atoms with Gasteiger partial charge in [-0.05, 0) is 37.7 Å². The van der Waals surface area contributed by atoms with Gasteiger partial charge in [0, 0.05) is 25.5 Å². The fraction of sp³-hybridized carbons (Fsp3) is 0.400. The van der Waals surface area contributed by atoms with Gasteiger partial charge < -0.3 is 14.9 Å². The van der Waals surface area contributed by atoms with E-state index in [9.17, 15) is 9.90 Å². The zero-order valence-corrected chi connectivity index (χ0v) is 14.8. The first-order chi connectivity index (χ1) is 12.0. The predicted molar refractivity (Wildman–Crippen MR) is 97.0 cm³/mol. The van der Waals surface area contributed by atoms with Crippen molar-refractivity contribution in [2.45, 2.75) is 24.5 Å². The van der Waals surface area contributed by atoms with Crippen molar-refractivity contribution in [3.8, 4) is 0 Å². The SMILES string of the molecule is CN(C)[C@@H]1CN(C(=O)Cc2cccnc2)CC[C@@]1(O)c1ccccc1. The van der Waals surface area contributed by atoms with Gasteiger partial charge >= 0.3 is 0 Å². The van der Waals surface area contributed by atoms with Gasteiger partial charge in [0.2, 0.25) is 5.91 Å². The van der Waals surface area contributed by atoms with Crippen LogP contribution < -0.4 is 0 Å². The molecular formula is C20H25N3O2. The predicted octanol–water partition coefficient (Wildman–Crippen LogP) is 1.67. The number of amides is 1. The Labute approximate surface area is 148 Å². The van der Waals surface area contributed by atoms with E-state index in [0.717, 1.165) is 11.1 Å². The Balaban J connectivity index is 1.76. The van der Waals surface area contributed by atoms with E-state index >= 15 is 0 Å². The molecule has 132 valence electrons. The first-order valence-electron chi connectivity index (χ1n) is 8.62. The molecule has 2 atom stereocenters. The number of aliphatic hydroxyl groups is 1. The van der Waals surface area contributed by atoms with Gasteiger partial charge in [0.05, 0.1) is 12.5 Å². The fourth-order valence-corrected chi connectivity index (χ4v) is 3.59. The quantitative estimate of drug-likeness (QED) is 0.921. The van der Waals surface area contributed by atoms with E-state index in [0.29, 0.717) is 25.9 Å². The van der Waals surface area contributed by atoms with Crippen LogP contribution in [0.1, 0.15) is 17.5 Å². The number of likely N-dealkylation sites (tertiary alicyclic amines) is 1. The number of carbonyl (C=O) groups is 1. The summed E-state index contributed by atoms with van der Waals surface area (Å²) in [5.41, 5.74) is 0.876. The summed E-state index contributed by atoms with van der Waals surface area (Å²) in [5, 5.41) is 11.4. The molecule has 3 rings (SSSR count). The summed E-state index contributed by atoms with van der Waals surface area (Å²) >= 11 is 0. The summed E-state index contributed by atoms with van der Waals surface area (Å²) in [4.78, 5) is 20.6. The van der Waals surface area contributed by atoms with Crippen molar-refractivity contribution in [1.82, 2.24) is 14.8 Å². The van der Waals surface area contributed by atoms with Gasteiger partial charge in [0.1, 0.15) is 5.60 Å². The van der Waals surface area contributed by atoms with Crippen LogP contribution in [0.2, 0.25) is 0 Å². The molecule has 5 nitrogen and oxygen atoms in total. The monoisotopic (exact) mass is 339 g/mol. The second kappa shape index (κ2) is 7.33. The lowest BCUT2D eigenvalue weighted by Gasteiger charge is -2.47. The molecule has 0 radical (unpaired) electrons. The molecule has 1 saturated heterocycles. The van der Waals surface area contributed by atoms with E-state index in [1.54, 1.807) is 12.4 Å². The zero-order valence-electron chi connectivity index (χ0n) is 14.8. The van der Waals surface area contributed by atoms with Crippen LogP contribution in [-0.4, -0.2) is 59.0 Å². The van der Waals surface area contributed by atoms with Crippen molar-refractivity contribution >= 4 is 5.91 Å². The number of piperidine rings is 1. The van der Waals surface area contributed by atoms with Crippen LogP contribution in [0.4, 0.5) is 0 Å². The maximum atomic E-state index is 12.7. The van der Waals surface area contributed by atoms with Crippen LogP contribution in [0, 0.1) is 0 Å². The molecule has 0 bridgehead atoms. The number of aromatic nitrogens is 1. The van der Waals surface area contributed by atoms with E-state index in [1.165, 1.54) is 0 Å². The Morgan fingerprint density at radius 2 is 2.04 bits per heavy atom. The fourth-order valence-electron chi connectivity index (χ4n) is 3.59. The molecule has 1 aromatic heterocycles. The first kappa shape index (κ1) is 17.6. The molecule has 1 N–H and O–H groups in total. The summed E-state index contributed by atoms with van der Waals surface area (Å²) in [6, 6.07) is 13.4. The Morgan fingerprint density at radius 1 is 1.28 bits per heavy atom. The molecule has 1 amide bonds. The average Bonchev–Trinajstić information content (AvgIpc) is 2.63. The minimum atomic E-state index is -0.949. The number of pyridine rings is 1. The van der Waals surface area contributed by atoms with Crippen molar-refractivity contribution in [3.63, 3.8) is 0 Å². The molecule has 0 aliphatic carbocycles. The van der Waals surface area contributed by atoms with Crippen LogP contribution in [0.5, 0.6) is 0 Å². The highest BCUT2D eigenvalue weighted by atomic mass is 16.3. The third-order valence-corrected chi connectivity index (χ3v) is 5.04. The molecule has 2 aromatic rings. The number of nitrogens with zero attached hydrogens (tertiary/aromatic N) is 3.